The number of hydrogen-bond acceptors (Lipinski definition) is 4. The fourth-order valence-corrected chi connectivity index (χ4v) is 1.47. The summed E-state index contributed by atoms with van der Waals surface area (Å²) < 4.78 is 15.2. The van der Waals surface area contributed by atoms with E-state index in [1.807, 2.05) is 24.3 Å². The van der Waals surface area contributed by atoms with Gasteiger partial charge in [-0.25, -0.2) is 0 Å². The van der Waals surface area contributed by atoms with Crippen molar-refractivity contribution in [1.82, 2.24) is 0 Å². The van der Waals surface area contributed by atoms with E-state index in [9.17, 15) is 4.79 Å². The molecule has 98 valence electrons. The fraction of sp³-hybridized carbons (Fsp3) is 0.357. The normalized spacial score (nSPS) is 10.4. The van der Waals surface area contributed by atoms with Crippen molar-refractivity contribution in [1.29, 1.82) is 0 Å². The van der Waals surface area contributed by atoms with Crippen molar-refractivity contribution < 1.29 is 19.0 Å². The van der Waals surface area contributed by atoms with Crippen LogP contribution in [0.15, 0.2) is 24.3 Å². The van der Waals surface area contributed by atoms with E-state index in [0.717, 1.165) is 5.56 Å². The second kappa shape index (κ2) is 7.37. The first kappa shape index (κ1) is 14.1. The average molecular weight is 250 g/mol. The molecule has 0 N–H and O–H groups in total. The lowest BCUT2D eigenvalue weighted by Gasteiger charge is -2.07. The highest BCUT2D eigenvalue weighted by molar-refractivity contribution is 5.72. The van der Waals surface area contributed by atoms with Crippen molar-refractivity contribution in [2.45, 2.75) is 13.3 Å². The summed E-state index contributed by atoms with van der Waals surface area (Å²) in [4.78, 5) is 11.1. The van der Waals surface area contributed by atoms with E-state index in [2.05, 4.69) is 0 Å². The predicted octanol–water partition coefficient (Wildman–Crippen LogP) is 2.67. The first-order valence-corrected chi connectivity index (χ1v) is 5.75. The molecule has 4 heteroatoms. The lowest BCUT2D eigenvalue weighted by atomic mass is 10.2. The van der Waals surface area contributed by atoms with Crippen LogP contribution in [0, 0.1) is 0 Å². The highest BCUT2D eigenvalue weighted by Crippen LogP contribution is 2.27. The lowest BCUT2D eigenvalue weighted by molar-refractivity contribution is -0.142. The standard InChI is InChI=1S/C14H18O4/c1-4-18-14(15)7-5-6-11-8-9-12(16-2)13(10-11)17-3/h5-6,8-10H,4,7H2,1-3H3. The van der Waals surface area contributed by atoms with Crippen molar-refractivity contribution in [3.63, 3.8) is 0 Å². The van der Waals surface area contributed by atoms with Gasteiger partial charge >= 0.3 is 5.97 Å². The van der Waals surface area contributed by atoms with Crippen LogP contribution in [0.3, 0.4) is 0 Å². The van der Waals surface area contributed by atoms with E-state index in [4.69, 9.17) is 14.2 Å². The van der Waals surface area contributed by atoms with Crippen molar-refractivity contribution in [2.75, 3.05) is 20.8 Å². The van der Waals surface area contributed by atoms with Crippen molar-refractivity contribution in [2.24, 2.45) is 0 Å². The lowest BCUT2D eigenvalue weighted by Crippen LogP contribution is -2.01. The van der Waals surface area contributed by atoms with Gasteiger partial charge in [-0.3, -0.25) is 4.79 Å². The molecule has 1 aromatic rings. The summed E-state index contributed by atoms with van der Waals surface area (Å²) in [5, 5.41) is 0. The molecular weight excluding hydrogens is 232 g/mol. The maximum atomic E-state index is 11.1. The molecule has 0 saturated carbocycles. The summed E-state index contributed by atoms with van der Waals surface area (Å²) in [6.45, 7) is 2.19. The Morgan fingerprint density at radius 3 is 2.56 bits per heavy atom. The van der Waals surface area contributed by atoms with Gasteiger partial charge < -0.3 is 14.2 Å². The Morgan fingerprint density at radius 1 is 1.22 bits per heavy atom. The highest BCUT2D eigenvalue weighted by Gasteiger charge is 2.02. The van der Waals surface area contributed by atoms with Crippen LogP contribution in [0.2, 0.25) is 0 Å². The van der Waals surface area contributed by atoms with Gasteiger partial charge in [0.15, 0.2) is 11.5 Å². The number of esters is 1. The molecule has 0 bridgehead atoms. The molecule has 0 aliphatic carbocycles. The van der Waals surface area contributed by atoms with Gasteiger partial charge in [0.1, 0.15) is 0 Å². The minimum Gasteiger partial charge on any atom is -0.493 e. The number of rotatable bonds is 6. The summed E-state index contributed by atoms with van der Waals surface area (Å²) in [5.41, 5.74) is 0.942. The zero-order chi connectivity index (χ0) is 13.4. The summed E-state index contributed by atoms with van der Waals surface area (Å²) >= 11 is 0. The second-order valence-electron chi connectivity index (χ2n) is 3.53. The van der Waals surface area contributed by atoms with Gasteiger partial charge in [-0.1, -0.05) is 18.2 Å². The van der Waals surface area contributed by atoms with Gasteiger partial charge in [-0.05, 0) is 24.6 Å². The van der Waals surface area contributed by atoms with Crippen molar-refractivity contribution in [3.05, 3.63) is 29.8 Å². The maximum Gasteiger partial charge on any atom is 0.309 e. The maximum absolute atomic E-state index is 11.1. The molecule has 0 unspecified atom stereocenters. The van der Waals surface area contributed by atoms with E-state index in [1.54, 1.807) is 27.2 Å². The Kier molecular flexibility index (Phi) is 5.77. The third-order valence-corrected chi connectivity index (χ3v) is 2.31. The zero-order valence-electron chi connectivity index (χ0n) is 10.9. The molecule has 0 aliphatic rings. The van der Waals surface area contributed by atoms with E-state index in [0.29, 0.717) is 18.1 Å². The first-order valence-electron chi connectivity index (χ1n) is 5.75. The number of methoxy groups -OCH3 is 2. The molecule has 0 atom stereocenters. The molecule has 0 aliphatic heterocycles. The Labute approximate surface area is 107 Å². The molecule has 1 rings (SSSR count). The number of carbonyl (C=O) groups is 1. The Bertz CT molecular complexity index is 424. The predicted molar refractivity (Wildman–Crippen MR) is 69.8 cm³/mol. The summed E-state index contributed by atoms with van der Waals surface area (Å²) in [6, 6.07) is 5.56. The Balaban J connectivity index is 2.67. The summed E-state index contributed by atoms with van der Waals surface area (Å²) in [5.74, 6) is 1.12. The summed E-state index contributed by atoms with van der Waals surface area (Å²) in [6.07, 6.45) is 3.88. The quantitative estimate of drug-likeness (QED) is 0.728. The second-order valence-corrected chi connectivity index (χ2v) is 3.53. The zero-order valence-corrected chi connectivity index (χ0v) is 10.9. The molecule has 0 amide bonds. The van der Waals surface area contributed by atoms with Gasteiger partial charge in [-0.2, -0.15) is 0 Å². The van der Waals surface area contributed by atoms with Crippen LogP contribution in [0.5, 0.6) is 11.5 Å². The van der Waals surface area contributed by atoms with Crippen LogP contribution >= 0.6 is 0 Å². The molecule has 0 saturated heterocycles. The van der Waals surface area contributed by atoms with Gasteiger partial charge in [0.2, 0.25) is 0 Å². The monoisotopic (exact) mass is 250 g/mol. The third kappa shape index (κ3) is 4.13. The minimum atomic E-state index is -0.228. The molecular formula is C14H18O4. The number of carbonyl (C=O) groups excluding carboxylic acids is 1. The van der Waals surface area contributed by atoms with Gasteiger partial charge in [0, 0.05) is 0 Å². The minimum absolute atomic E-state index is 0.228. The van der Waals surface area contributed by atoms with E-state index >= 15 is 0 Å². The largest absolute Gasteiger partial charge is 0.493 e. The van der Waals surface area contributed by atoms with Crippen LogP contribution in [-0.4, -0.2) is 26.8 Å². The van der Waals surface area contributed by atoms with Crippen LogP contribution in [-0.2, 0) is 9.53 Å². The fourth-order valence-electron chi connectivity index (χ4n) is 1.47. The van der Waals surface area contributed by atoms with Crippen LogP contribution < -0.4 is 9.47 Å². The molecule has 0 spiro atoms. The number of hydrogen-bond donors (Lipinski definition) is 0. The molecule has 0 radical (unpaired) electrons. The van der Waals surface area contributed by atoms with Crippen LogP contribution in [0.4, 0.5) is 0 Å². The van der Waals surface area contributed by atoms with Gasteiger partial charge in [0.25, 0.3) is 0 Å². The molecule has 4 nitrogen and oxygen atoms in total. The van der Waals surface area contributed by atoms with Crippen molar-refractivity contribution in [3.8, 4) is 11.5 Å². The molecule has 0 aromatic heterocycles. The smallest absolute Gasteiger partial charge is 0.309 e. The van der Waals surface area contributed by atoms with E-state index in [1.165, 1.54) is 0 Å². The third-order valence-electron chi connectivity index (χ3n) is 2.31. The van der Waals surface area contributed by atoms with Gasteiger partial charge in [-0.15, -0.1) is 0 Å². The van der Waals surface area contributed by atoms with Gasteiger partial charge in [0.05, 0.1) is 27.2 Å². The molecule has 0 heterocycles. The highest BCUT2D eigenvalue weighted by atomic mass is 16.5. The average Bonchev–Trinajstić information content (AvgIpc) is 2.38. The SMILES string of the molecule is CCOC(=O)CC=Cc1ccc(OC)c(OC)c1. The summed E-state index contributed by atoms with van der Waals surface area (Å²) in [7, 11) is 3.18. The van der Waals surface area contributed by atoms with E-state index < -0.39 is 0 Å². The first-order chi connectivity index (χ1) is 8.71. The van der Waals surface area contributed by atoms with Crippen LogP contribution in [0.25, 0.3) is 6.08 Å². The topological polar surface area (TPSA) is 44.8 Å². The number of benzene rings is 1. The Hall–Kier alpha value is -1.97. The molecule has 18 heavy (non-hydrogen) atoms. The molecule has 0 fully saturated rings. The van der Waals surface area contributed by atoms with Crippen LogP contribution in [0.1, 0.15) is 18.9 Å². The Morgan fingerprint density at radius 2 is 1.94 bits per heavy atom. The van der Waals surface area contributed by atoms with Crippen molar-refractivity contribution >= 4 is 12.0 Å². The molecule has 1 aromatic carbocycles. The number of ether oxygens (including phenoxy) is 3. The van der Waals surface area contributed by atoms with E-state index in [-0.39, 0.29) is 12.4 Å².